The SMILES string of the molecule is CCOc1ccc(Cc2cc([C@@H]3O[C@H](CN(C)c4cccc(C(=O)NC)c4)[C@@H](O)[C@H](O)[C@H]3O)ccc2Cl)cc1. The highest BCUT2D eigenvalue weighted by Crippen LogP contribution is 2.35. The maximum atomic E-state index is 12.0. The topological polar surface area (TPSA) is 111 Å². The van der Waals surface area contributed by atoms with Gasteiger partial charge in [0.25, 0.3) is 5.91 Å². The molecular formula is C30H35ClN2O6. The highest BCUT2D eigenvalue weighted by atomic mass is 35.5. The molecule has 1 aliphatic rings. The molecular weight excluding hydrogens is 520 g/mol. The Kier molecular flexibility index (Phi) is 9.48. The van der Waals surface area contributed by atoms with Crippen LogP contribution in [0.3, 0.4) is 0 Å². The van der Waals surface area contributed by atoms with E-state index in [1.165, 1.54) is 0 Å². The summed E-state index contributed by atoms with van der Waals surface area (Å²) >= 11 is 6.51. The summed E-state index contributed by atoms with van der Waals surface area (Å²) in [4.78, 5) is 13.9. The average Bonchev–Trinajstić information content (AvgIpc) is 2.95. The van der Waals surface area contributed by atoms with Crippen molar-refractivity contribution < 1.29 is 29.6 Å². The number of aliphatic hydroxyl groups excluding tert-OH is 3. The Balaban J connectivity index is 1.53. The van der Waals surface area contributed by atoms with Gasteiger partial charge in [-0.05, 0) is 66.4 Å². The van der Waals surface area contributed by atoms with Gasteiger partial charge < -0.3 is 35.0 Å². The predicted molar refractivity (Wildman–Crippen MR) is 151 cm³/mol. The van der Waals surface area contributed by atoms with Gasteiger partial charge in [-0.3, -0.25) is 4.79 Å². The van der Waals surface area contributed by atoms with Gasteiger partial charge in [0.1, 0.15) is 36.3 Å². The number of rotatable bonds is 9. The van der Waals surface area contributed by atoms with E-state index in [2.05, 4.69) is 5.32 Å². The van der Waals surface area contributed by atoms with E-state index < -0.39 is 30.5 Å². The van der Waals surface area contributed by atoms with Crippen LogP contribution < -0.4 is 15.0 Å². The molecule has 1 amide bonds. The van der Waals surface area contributed by atoms with Gasteiger partial charge in [0, 0.05) is 36.9 Å². The van der Waals surface area contributed by atoms with Crippen LogP contribution in [0.2, 0.25) is 5.02 Å². The minimum atomic E-state index is -1.41. The van der Waals surface area contributed by atoms with E-state index in [0.29, 0.717) is 29.2 Å². The van der Waals surface area contributed by atoms with Gasteiger partial charge in [0.05, 0.1) is 6.61 Å². The molecule has 4 N–H and O–H groups in total. The van der Waals surface area contributed by atoms with Crippen LogP contribution in [-0.2, 0) is 11.2 Å². The van der Waals surface area contributed by atoms with E-state index in [1.54, 1.807) is 37.4 Å². The summed E-state index contributed by atoms with van der Waals surface area (Å²) in [6, 6.07) is 20.2. The molecule has 1 fully saturated rings. The summed E-state index contributed by atoms with van der Waals surface area (Å²) in [6.07, 6.45) is -5.19. The van der Waals surface area contributed by atoms with E-state index in [9.17, 15) is 20.1 Å². The van der Waals surface area contributed by atoms with Crippen LogP contribution in [0.4, 0.5) is 5.69 Å². The first-order chi connectivity index (χ1) is 18.7. The smallest absolute Gasteiger partial charge is 0.251 e. The maximum absolute atomic E-state index is 12.0. The largest absolute Gasteiger partial charge is 0.494 e. The molecule has 208 valence electrons. The predicted octanol–water partition coefficient (Wildman–Crippen LogP) is 3.35. The van der Waals surface area contributed by atoms with Crippen LogP contribution in [0.15, 0.2) is 66.7 Å². The number of amides is 1. The molecule has 1 saturated heterocycles. The van der Waals surface area contributed by atoms with Crippen LogP contribution >= 0.6 is 11.6 Å². The summed E-state index contributed by atoms with van der Waals surface area (Å²) in [5.41, 5.74) is 3.77. The second-order valence-electron chi connectivity index (χ2n) is 9.68. The number of benzene rings is 3. The number of hydrogen-bond acceptors (Lipinski definition) is 7. The van der Waals surface area contributed by atoms with Crippen molar-refractivity contribution in [2.24, 2.45) is 0 Å². The standard InChI is InChI=1S/C30H35ClN2O6/c1-4-38-23-11-8-18(9-12-23)14-21-15-19(10-13-24(21)31)29-28(36)27(35)26(34)25(39-29)17-33(3)22-7-5-6-20(16-22)30(37)32-2/h5-13,15-16,25-29,34-36H,4,14,17H2,1-3H3,(H,32,37)/t25-,26-,27+,28-,29+/m1/s1. The van der Waals surface area contributed by atoms with Crippen LogP contribution in [0.25, 0.3) is 0 Å². The normalized spacial score (nSPS) is 22.8. The Morgan fingerprint density at radius 3 is 2.46 bits per heavy atom. The molecule has 8 nitrogen and oxygen atoms in total. The lowest BCUT2D eigenvalue weighted by Crippen LogP contribution is -2.57. The molecule has 9 heteroatoms. The summed E-state index contributed by atoms with van der Waals surface area (Å²) < 4.78 is 11.7. The molecule has 4 rings (SSSR count). The zero-order chi connectivity index (χ0) is 28.1. The molecule has 0 bridgehead atoms. The number of nitrogens with one attached hydrogen (secondary N) is 1. The second-order valence-corrected chi connectivity index (χ2v) is 10.1. The molecule has 0 saturated carbocycles. The third-order valence-corrected chi connectivity index (χ3v) is 7.34. The van der Waals surface area contributed by atoms with E-state index in [4.69, 9.17) is 21.1 Å². The monoisotopic (exact) mass is 554 g/mol. The number of ether oxygens (including phenoxy) is 2. The van der Waals surface area contributed by atoms with Gasteiger partial charge in [-0.1, -0.05) is 41.9 Å². The lowest BCUT2D eigenvalue weighted by molar-refractivity contribution is -0.221. The highest BCUT2D eigenvalue weighted by Gasteiger charge is 2.44. The van der Waals surface area contributed by atoms with Crippen molar-refractivity contribution in [3.63, 3.8) is 0 Å². The molecule has 1 heterocycles. The molecule has 0 aliphatic carbocycles. The molecule has 3 aromatic rings. The number of hydrogen-bond donors (Lipinski definition) is 4. The van der Waals surface area contributed by atoms with Gasteiger partial charge in [0.2, 0.25) is 0 Å². The van der Waals surface area contributed by atoms with Crippen molar-refractivity contribution in [1.29, 1.82) is 0 Å². The van der Waals surface area contributed by atoms with Gasteiger partial charge >= 0.3 is 0 Å². The minimum absolute atomic E-state index is 0.207. The quantitative estimate of drug-likeness (QED) is 0.321. The van der Waals surface area contributed by atoms with Gasteiger partial charge in [-0.2, -0.15) is 0 Å². The van der Waals surface area contributed by atoms with Gasteiger partial charge in [0.15, 0.2) is 0 Å². The molecule has 5 atom stereocenters. The van der Waals surface area contributed by atoms with E-state index in [0.717, 1.165) is 22.6 Å². The fraction of sp³-hybridized carbons (Fsp3) is 0.367. The number of halogens is 1. The molecule has 0 spiro atoms. The van der Waals surface area contributed by atoms with Crippen LogP contribution in [-0.4, -0.2) is 72.9 Å². The van der Waals surface area contributed by atoms with Crippen LogP contribution in [0, 0.1) is 0 Å². The summed E-state index contributed by atoms with van der Waals surface area (Å²) in [6.45, 7) is 2.74. The molecule has 3 aromatic carbocycles. The minimum Gasteiger partial charge on any atom is -0.494 e. The summed E-state index contributed by atoms with van der Waals surface area (Å²) in [7, 11) is 3.38. The first kappa shape index (κ1) is 28.9. The lowest BCUT2D eigenvalue weighted by atomic mass is 9.89. The zero-order valence-corrected chi connectivity index (χ0v) is 23.0. The Labute approximate surface area is 233 Å². The third-order valence-electron chi connectivity index (χ3n) is 6.97. The van der Waals surface area contributed by atoms with Crippen molar-refractivity contribution in [2.45, 2.75) is 43.9 Å². The fourth-order valence-electron chi connectivity index (χ4n) is 4.78. The first-order valence-corrected chi connectivity index (χ1v) is 13.3. The van der Waals surface area contributed by atoms with E-state index in [1.807, 2.05) is 55.3 Å². The molecule has 0 aromatic heterocycles. The van der Waals surface area contributed by atoms with E-state index >= 15 is 0 Å². The molecule has 0 radical (unpaired) electrons. The van der Waals surface area contributed by atoms with Crippen LogP contribution in [0.5, 0.6) is 5.75 Å². The number of anilines is 1. The van der Waals surface area contributed by atoms with Gasteiger partial charge in [-0.15, -0.1) is 0 Å². The fourth-order valence-corrected chi connectivity index (χ4v) is 4.96. The lowest BCUT2D eigenvalue weighted by Gasteiger charge is -2.42. The number of aliphatic hydroxyl groups is 3. The van der Waals surface area contributed by atoms with Crippen molar-refractivity contribution in [2.75, 3.05) is 32.1 Å². The number of likely N-dealkylation sites (N-methyl/N-ethyl adjacent to an activating group) is 1. The number of nitrogens with zero attached hydrogens (tertiary/aromatic N) is 1. The number of carbonyl (C=O) groups excluding carboxylic acids is 1. The Bertz CT molecular complexity index is 1270. The Morgan fingerprint density at radius 2 is 1.77 bits per heavy atom. The summed E-state index contributed by atoms with van der Waals surface area (Å²) in [5.74, 6) is 0.588. The van der Waals surface area contributed by atoms with Crippen molar-refractivity contribution >= 4 is 23.2 Å². The van der Waals surface area contributed by atoms with Gasteiger partial charge in [-0.25, -0.2) is 0 Å². The van der Waals surface area contributed by atoms with Crippen LogP contribution in [0.1, 0.15) is 40.1 Å². The average molecular weight is 555 g/mol. The Morgan fingerprint density at radius 1 is 1.03 bits per heavy atom. The Hall–Kier alpha value is -3.14. The third kappa shape index (κ3) is 6.72. The van der Waals surface area contributed by atoms with E-state index in [-0.39, 0.29) is 12.5 Å². The molecule has 39 heavy (non-hydrogen) atoms. The number of carbonyl (C=O) groups is 1. The highest BCUT2D eigenvalue weighted by molar-refractivity contribution is 6.31. The zero-order valence-electron chi connectivity index (χ0n) is 22.3. The summed E-state index contributed by atoms with van der Waals surface area (Å²) in [5, 5.41) is 35.5. The molecule has 1 aliphatic heterocycles. The first-order valence-electron chi connectivity index (χ1n) is 12.9. The van der Waals surface area contributed by atoms with Crippen molar-refractivity contribution in [3.8, 4) is 5.75 Å². The maximum Gasteiger partial charge on any atom is 0.251 e. The second kappa shape index (κ2) is 12.8. The van der Waals surface area contributed by atoms with Crippen molar-refractivity contribution in [3.05, 3.63) is 94.0 Å². The van der Waals surface area contributed by atoms with Crippen molar-refractivity contribution in [1.82, 2.24) is 5.32 Å². The molecule has 0 unspecified atom stereocenters.